The van der Waals surface area contributed by atoms with Crippen molar-refractivity contribution in [1.82, 2.24) is 4.98 Å². The van der Waals surface area contributed by atoms with Crippen molar-refractivity contribution in [2.75, 3.05) is 18.0 Å². The fourth-order valence-electron chi connectivity index (χ4n) is 2.23. The lowest BCUT2D eigenvalue weighted by atomic mass is 10.2. The number of hydrogen-bond donors (Lipinski definition) is 1. The van der Waals surface area contributed by atoms with E-state index in [1.165, 1.54) is 0 Å². The van der Waals surface area contributed by atoms with E-state index in [1.807, 2.05) is 12.3 Å². The molecule has 2 N–H and O–H groups in total. The van der Waals surface area contributed by atoms with E-state index in [1.54, 1.807) is 0 Å². The standard InChI is InChI=1S/C12H19N3S/c1-9-7-15(8-10(2)16-9)12-11(6-13)4-3-5-14-12/h3-5,9-10H,6-8,13H2,1-2H3. The summed E-state index contributed by atoms with van der Waals surface area (Å²) >= 11 is 2.05. The largest absolute Gasteiger partial charge is 0.354 e. The highest BCUT2D eigenvalue weighted by Crippen LogP contribution is 2.28. The van der Waals surface area contributed by atoms with Crippen LogP contribution in [0.15, 0.2) is 18.3 Å². The SMILES string of the molecule is CC1CN(c2ncccc2CN)CC(C)S1. The van der Waals surface area contributed by atoms with Crippen LogP contribution in [0.3, 0.4) is 0 Å². The summed E-state index contributed by atoms with van der Waals surface area (Å²) in [4.78, 5) is 6.85. The van der Waals surface area contributed by atoms with Gasteiger partial charge in [-0.1, -0.05) is 19.9 Å². The zero-order valence-electron chi connectivity index (χ0n) is 9.89. The summed E-state index contributed by atoms with van der Waals surface area (Å²) in [6.07, 6.45) is 1.85. The molecule has 0 spiro atoms. The monoisotopic (exact) mass is 237 g/mol. The molecule has 1 aliphatic rings. The first-order chi connectivity index (χ1) is 7.70. The molecule has 1 saturated heterocycles. The minimum atomic E-state index is 0.565. The zero-order valence-corrected chi connectivity index (χ0v) is 10.7. The fourth-order valence-corrected chi connectivity index (χ4v) is 3.55. The van der Waals surface area contributed by atoms with Gasteiger partial charge in [-0.25, -0.2) is 4.98 Å². The molecule has 88 valence electrons. The molecule has 2 heterocycles. The number of anilines is 1. The highest BCUT2D eigenvalue weighted by molar-refractivity contribution is 8.00. The molecule has 3 nitrogen and oxygen atoms in total. The molecule has 1 aliphatic heterocycles. The van der Waals surface area contributed by atoms with Crippen LogP contribution in [-0.2, 0) is 6.54 Å². The van der Waals surface area contributed by atoms with E-state index in [2.05, 4.69) is 41.6 Å². The molecule has 2 unspecified atom stereocenters. The van der Waals surface area contributed by atoms with Crippen LogP contribution in [0.25, 0.3) is 0 Å². The van der Waals surface area contributed by atoms with Gasteiger partial charge in [0, 0.05) is 41.9 Å². The minimum Gasteiger partial charge on any atom is -0.354 e. The topological polar surface area (TPSA) is 42.2 Å². The Hall–Kier alpha value is -0.740. The van der Waals surface area contributed by atoms with Crippen molar-refractivity contribution in [3.05, 3.63) is 23.9 Å². The second kappa shape index (κ2) is 5.06. The first-order valence-corrected chi connectivity index (χ1v) is 6.69. The molecule has 1 aromatic rings. The predicted molar refractivity (Wildman–Crippen MR) is 70.9 cm³/mol. The lowest BCUT2D eigenvalue weighted by Crippen LogP contribution is -2.41. The van der Waals surface area contributed by atoms with E-state index < -0.39 is 0 Å². The maximum Gasteiger partial charge on any atom is 0.133 e. The Morgan fingerprint density at radius 1 is 1.44 bits per heavy atom. The second-order valence-corrected chi connectivity index (χ2v) is 6.23. The van der Waals surface area contributed by atoms with Gasteiger partial charge in [0.05, 0.1) is 0 Å². The van der Waals surface area contributed by atoms with E-state index in [0.717, 1.165) is 24.5 Å². The van der Waals surface area contributed by atoms with Crippen LogP contribution in [0.1, 0.15) is 19.4 Å². The lowest BCUT2D eigenvalue weighted by Gasteiger charge is -2.36. The van der Waals surface area contributed by atoms with Crippen molar-refractivity contribution < 1.29 is 0 Å². The van der Waals surface area contributed by atoms with Crippen LogP contribution in [-0.4, -0.2) is 28.6 Å². The normalized spacial score (nSPS) is 25.8. The average Bonchev–Trinajstić information content (AvgIpc) is 2.27. The quantitative estimate of drug-likeness (QED) is 0.852. The molecule has 0 aliphatic carbocycles. The number of aromatic nitrogens is 1. The van der Waals surface area contributed by atoms with Gasteiger partial charge < -0.3 is 10.6 Å². The first-order valence-electron chi connectivity index (χ1n) is 5.75. The van der Waals surface area contributed by atoms with Crippen molar-refractivity contribution >= 4 is 17.6 Å². The third-order valence-electron chi connectivity index (χ3n) is 2.81. The van der Waals surface area contributed by atoms with Crippen LogP contribution >= 0.6 is 11.8 Å². The maximum atomic E-state index is 5.75. The van der Waals surface area contributed by atoms with Gasteiger partial charge in [0.1, 0.15) is 5.82 Å². The van der Waals surface area contributed by atoms with Crippen LogP contribution in [0.2, 0.25) is 0 Å². The Balaban J connectivity index is 2.22. The highest BCUT2D eigenvalue weighted by Gasteiger charge is 2.24. The van der Waals surface area contributed by atoms with E-state index in [0.29, 0.717) is 17.0 Å². The summed E-state index contributed by atoms with van der Waals surface area (Å²) in [5.74, 6) is 1.07. The Morgan fingerprint density at radius 2 is 2.12 bits per heavy atom. The first kappa shape index (κ1) is 11.7. The van der Waals surface area contributed by atoms with Gasteiger partial charge in [-0.15, -0.1) is 0 Å². The Bertz CT molecular complexity index is 346. The number of rotatable bonds is 2. The molecule has 0 saturated carbocycles. The molecule has 2 atom stereocenters. The molecule has 0 aromatic carbocycles. The van der Waals surface area contributed by atoms with Crippen molar-refractivity contribution in [2.45, 2.75) is 30.9 Å². The maximum absolute atomic E-state index is 5.75. The molecular formula is C12H19N3S. The Labute approximate surface area is 101 Å². The smallest absolute Gasteiger partial charge is 0.133 e. The molecule has 4 heteroatoms. The molecule has 0 amide bonds. The van der Waals surface area contributed by atoms with Gasteiger partial charge >= 0.3 is 0 Å². The zero-order chi connectivity index (χ0) is 11.5. The molecule has 1 aromatic heterocycles. The summed E-state index contributed by atoms with van der Waals surface area (Å²) in [7, 11) is 0. The number of pyridine rings is 1. The van der Waals surface area contributed by atoms with Gasteiger partial charge in [0.2, 0.25) is 0 Å². The average molecular weight is 237 g/mol. The number of thioether (sulfide) groups is 1. The van der Waals surface area contributed by atoms with Crippen LogP contribution in [0, 0.1) is 0 Å². The van der Waals surface area contributed by atoms with E-state index in [-0.39, 0.29) is 0 Å². The van der Waals surface area contributed by atoms with Crippen LogP contribution in [0.4, 0.5) is 5.82 Å². The number of nitrogens with two attached hydrogens (primary N) is 1. The van der Waals surface area contributed by atoms with Crippen LogP contribution in [0.5, 0.6) is 0 Å². The van der Waals surface area contributed by atoms with Crippen molar-refractivity contribution in [2.24, 2.45) is 5.73 Å². The van der Waals surface area contributed by atoms with Gasteiger partial charge in [-0.05, 0) is 6.07 Å². The lowest BCUT2D eigenvalue weighted by molar-refractivity contribution is 0.713. The Morgan fingerprint density at radius 3 is 2.75 bits per heavy atom. The van der Waals surface area contributed by atoms with E-state index >= 15 is 0 Å². The van der Waals surface area contributed by atoms with Crippen molar-refractivity contribution in [3.8, 4) is 0 Å². The van der Waals surface area contributed by atoms with Crippen molar-refractivity contribution in [1.29, 1.82) is 0 Å². The summed E-state index contributed by atoms with van der Waals surface area (Å²) in [6, 6.07) is 4.02. The van der Waals surface area contributed by atoms with Gasteiger partial charge in [-0.2, -0.15) is 11.8 Å². The van der Waals surface area contributed by atoms with E-state index in [4.69, 9.17) is 5.73 Å². The molecule has 2 rings (SSSR count). The molecule has 16 heavy (non-hydrogen) atoms. The molecule has 1 fully saturated rings. The Kier molecular flexibility index (Phi) is 3.71. The number of nitrogens with zero attached hydrogens (tertiary/aromatic N) is 2. The van der Waals surface area contributed by atoms with Crippen LogP contribution < -0.4 is 10.6 Å². The predicted octanol–water partition coefficient (Wildman–Crippen LogP) is 1.87. The third kappa shape index (κ3) is 2.50. The van der Waals surface area contributed by atoms with Gasteiger partial charge in [0.15, 0.2) is 0 Å². The highest BCUT2D eigenvalue weighted by atomic mass is 32.2. The molecule has 0 radical (unpaired) electrons. The number of hydrogen-bond acceptors (Lipinski definition) is 4. The fraction of sp³-hybridized carbons (Fsp3) is 0.583. The minimum absolute atomic E-state index is 0.565. The molecular weight excluding hydrogens is 218 g/mol. The summed E-state index contributed by atoms with van der Waals surface area (Å²) < 4.78 is 0. The summed E-state index contributed by atoms with van der Waals surface area (Å²) in [5.41, 5.74) is 6.90. The van der Waals surface area contributed by atoms with E-state index in [9.17, 15) is 0 Å². The molecule has 0 bridgehead atoms. The van der Waals surface area contributed by atoms with Gasteiger partial charge in [0.25, 0.3) is 0 Å². The second-order valence-electron chi connectivity index (χ2n) is 4.35. The van der Waals surface area contributed by atoms with Crippen molar-refractivity contribution in [3.63, 3.8) is 0 Å². The summed E-state index contributed by atoms with van der Waals surface area (Å²) in [5, 5.41) is 1.33. The third-order valence-corrected chi connectivity index (χ3v) is 4.03. The van der Waals surface area contributed by atoms with Gasteiger partial charge in [-0.3, -0.25) is 0 Å². The summed E-state index contributed by atoms with van der Waals surface area (Å²) in [6.45, 7) is 7.25.